The first-order chi connectivity index (χ1) is 6.36. The monoisotopic (exact) mass is 171 g/mol. The molecular weight excluding hydrogens is 162 g/mol. The summed E-state index contributed by atoms with van der Waals surface area (Å²) in [5, 5.41) is 8.91. The highest BCUT2D eigenvalue weighted by Gasteiger charge is 2.06. The van der Waals surface area contributed by atoms with Gasteiger partial charge in [-0.3, -0.25) is 0 Å². The highest BCUT2D eigenvalue weighted by molar-refractivity contribution is 5.76. The van der Waals surface area contributed by atoms with Crippen molar-refractivity contribution in [1.82, 2.24) is 9.55 Å². The summed E-state index contributed by atoms with van der Waals surface area (Å²) >= 11 is 0. The van der Waals surface area contributed by atoms with Crippen LogP contribution in [0.2, 0.25) is 0 Å². The number of fused-ring (bicyclic) bond motifs is 1. The topological polar surface area (TPSA) is 41.6 Å². The van der Waals surface area contributed by atoms with Crippen LogP contribution in [0.3, 0.4) is 0 Å². The van der Waals surface area contributed by atoms with Crippen LogP contribution in [0.1, 0.15) is 12.7 Å². The van der Waals surface area contributed by atoms with Gasteiger partial charge in [0, 0.05) is 6.42 Å². The molecule has 0 amide bonds. The van der Waals surface area contributed by atoms with Crippen molar-refractivity contribution in [2.45, 2.75) is 13.3 Å². The largest absolute Gasteiger partial charge is 0.232 e. The van der Waals surface area contributed by atoms with Crippen LogP contribution < -0.4 is 0 Å². The predicted octanol–water partition coefficient (Wildman–Crippen LogP) is 1.93. The summed E-state index contributed by atoms with van der Waals surface area (Å²) in [4.78, 5) is 4.34. The fourth-order valence-electron chi connectivity index (χ4n) is 1.42. The van der Waals surface area contributed by atoms with Gasteiger partial charge in [-0.1, -0.05) is 19.1 Å². The molecule has 0 spiro atoms. The van der Waals surface area contributed by atoms with Crippen molar-refractivity contribution in [2.75, 3.05) is 0 Å². The lowest BCUT2D eigenvalue weighted by Crippen LogP contribution is -1.94. The predicted molar refractivity (Wildman–Crippen MR) is 50.1 cm³/mol. The van der Waals surface area contributed by atoms with Crippen molar-refractivity contribution in [2.24, 2.45) is 0 Å². The molecule has 0 aliphatic rings. The Morgan fingerprint density at radius 1 is 1.46 bits per heavy atom. The Labute approximate surface area is 76.2 Å². The van der Waals surface area contributed by atoms with Gasteiger partial charge in [0.25, 0.3) is 0 Å². The number of nitriles is 1. The molecule has 64 valence electrons. The number of rotatable bonds is 1. The lowest BCUT2D eigenvalue weighted by molar-refractivity contribution is 0.918. The fraction of sp³-hybridized carbons (Fsp3) is 0.200. The maximum Gasteiger partial charge on any atom is 0.190 e. The van der Waals surface area contributed by atoms with Gasteiger partial charge in [-0.2, -0.15) is 5.26 Å². The summed E-state index contributed by atoms with van der Waals surface area (Å²) in [5.41, 5.74) is 1.78. The average Bonchev–Trinajstić information content (AvgIpc) is 2.55. The van der Waals surface area contributed by atoms with Crippen molar-refractivity contribution in [3.05, 3.63) is 30.1 Å². The summed E-state index contributed by atoms with van der Waals surface area (Å²) in [7, 11) is 0. The summed E-state index contributed by atoms with van der Waals surface area (Å²) < 4.78 is 1.58. The van der Waals surface area contributed by atoms with E-state index >= 15 is 0 Å². The van der Waals surface area contributed by atoms with Crippen LogP contribution in [-0.2, 0) is 6.42 Å². The molecule has 13 heavy (non-hydrogen) atoms. The normalized spacial score (nSPS) is 10.2. The number of nitrogens with zero attached hydrogens (tertiary/aromatic N) is 3. The molecule has 0 bridgehead atoms. The third-order valence-corrected chi connectivity index (χ3v) is 2.05. The van der Waals surface area contributed by atoms with E-state index in [-0.39, 0.29) is 0 Å². The second kappa shape index (κ2) is 2.91. The zero-order valence-electron chi connectivity index (χ0n) is 7.36. The van der Waals surface area contributed by atoms with E-state index in [2.05, 4.69) is 11.2 Å². The number of aromatic nitrogens is 2. The average molecular weight is 171 g/mol. The van der Waals surface area contributed by atoms with E-state index < -0.39 is 0 Å². The van der Waals surface area contributed by atoms with E-state index in [1.807, 2.05) is 31.2 Å². The van der Waals surface area contributed by atoms with Crippen molar-refractivity contribution < 1.29 is 0 Å². The Morgan fingerprint density at radius 3 is 2.92 bits per heavy atom. The molecular formula is C10H9N3. The molecule has 0 radical (unpaired) electrons. The number of hydrogen-bond acceptors (Lipinski definition) is 2. The van der Waals surface area contributed by atoms with E-state index in [4.69, 9.17) is 5.26 Å². The zero-order valence-corrected chi connectivity index (χ0v) is 7.36. The molecule has 1 heterocycles. The van der Waals surface area contributed by atoms with Crippen LogP contribution in [0, 0.1) is 11.5 Å². The lowest BCUT2D eigenvalue weighted by Gasteiger charge is -1.92. The first-order valence-corrected chi connectivity index (χ1v) is 4.23. The molecule has 2 aromatic rings. The lowest BCUT2D eigenvalue weighted by atomic mass is 10.3. The highest BCUT2D eigenvalue weighted by atomic mass is 15.1. The minimum Gasteiger partial charge on any atom is -0.232 e. The molecule has 0 aliphatic heterocycles. The minimum atomic E-state index is 0.780. The molecule has 3 nitrogen and oxygen atoms in total. The zero-order chi connectivity index (χ0) is 9.26. The summed E-state index contributed by atoms with van der Waals surface area (Å²) in [5.74, 6) is 0.823. The van der Waals surface area contributed by atoms with Gasteiger partial charge in [0.05, 0.1) is 11.0 Å². The van der Waals surface area contributed by atoms with Gasteiger partial charge in [0.1, 0.15) is 5.82 Å². The molecule has 3 heteroatoms. The first-order valence-electron chi connectivity index (χ1n) is 4.23. The smallest absolute Gasteiger partial charge is 0.190 e. The molecule has 0 saturated heterocycles. The standard InChI is InChI=1S/C10H9N3/c1-2-10-12-8-5-3-4-6-9(8)13(10)7-11/h3-6H,2H2,1H3. The minimum absolute atomic E-state index is 0.780. The Morgan fingerprint density at radius 2 is 2.23 bits per heavy atom. The Balaban J connectivity index is 2.83. The van der Waals surface area contributed by atoms with Crippen LogP contribution in [-0.4, -0.2) is 9.55 Å². The number of benzene rings is 1. The molecule has 0 atom stereocenters. The van der Waals surface area contributed by atoms with Crippen molar-refractivity contribution >= 4 is 11.0 Å². The van der Waals surface area contributed by atoms with Crippen LogP contribution in [0.25, 0.3) is 11.0 Å². The first kappa shape index (κ1) is 7.81. The van der Waals surface area contributed by atoms with E-state index in [0.29, 0.717) is 0 Å². The van der Waals surface area contributed by atoms with Gasteiger partial charge in [-0.25, -0.2) is 9.55 Å². The second-order valence-electron chi connectivity index (χ2n) is 2.81. The van der Waals surface area contributed by atoms with Gasteiger partial charge < -0.3 is 0 Å². The van der Waals surface area contributed by atoms with Gasteiger partial charge in [0.2, 0.25) is 0 Å². The van der Waals surface area contributed by atoms with E-state index in [1.54, 1.807) is 4.57 Å². The van der Waals surface area contributed by atoms with Gasteiger partial charge in [-0.05, 0) is 12.1 Å². The van der Waals surface area contributed by atoms with Gasteiger partial charge >= 0.3 is 0 Å². The highest BCUT2D eigenvalue weighted by Crippen LogP contribution is 2.14. The Bertz CT molecular complexity index is 476. The van der Waals surface area contributed by atoms with Gasteiger partial charge in [-0.15, -0.1) is 0 Å². The molecule has 0 aliphatic carbocycles. The van der Waals surface area contributed by atoms with E-state index in [1.165, 1.54) is 0 Å². The van der Waals surface area contributed by atoms with E-state index in [9.17, 15) is 0 Å². The third-order valence-electron chi connectivity index (χ3n) is 2.05. The molecule has 0 unspecified atom stereocenters. The molecule has 0 saturated carbocycles. The second-order valence-corrected chi connectivity index (χ2v) is 2.81. The number of hydrogen-bond donors (Lipinski definition) is 0. The third kappa shape index (κ3) is 1.07. The van der Waals surface area contributed by atoms with E-state index in [0.717, 1.165) is 23.3 Å². The fourth-order valence-corrected chi connectivity index (χ4v) is 1.42. The molecule has 1 aromatic heterocycles. The quantitative estimate of drug-likeness (QED) is 0.657. The number of para-hydroxylation sites is 2. The van der Waals surface area contributed by atoms with Crippen molar-refractivity contribution in [3.8, 4) is 6.19 Å². The number of imidazole rings is 1. The van der Waals surface area contributed by atoms with Crippen LogP contribution >= 0.6 is 0 Å². The maximum absolute atomic E-state index is 8.91. The van der Waals surface area contributed by atoms with Crippen molar-refractivity contribution in [3.63, 3.8) is 0 Å². The molecule has 2 rings (SSSR count). The summed E-state index contributed by atoms with van der Waals surface area (Å²) in [6, 6.07) is 7.67. The summed E-state index contributed by atoms with van der Waals surface area (Å²) in [6.07, 6.45) is 2.90. The molecule has 1 aromatic carbocycles. The SMILES string of the molecule is CCc1nc2ccccc2n1C#N. The van der Waals surface area contributed by atoms with Crippen LogP contribution in [0.15, 0.2) is 24.3 Å². The van der Waals surface area contributed by atoms with Gasteiger partial charge in [0.15, 0.2) is 6.19 Å². The Kier molecular flexibility index (Phi) is 1.75. The molecule has 0 N–H and O–H groups in total. The maximum atomic E-state index is 8.91. The summed E-state index contributed by atoms with van der Waals surface area (Å²) in [6.45, 7) is 2.00. The van der Waals surface area contributed by atoms with Crippen LogP contribution in [0.5, 0.6) is 0 Å². The Hall–Kier alpha value is -1.82. The molecule has 0 fully saturated rings. The van der Waals surface area contributed by atoms with Crippen LogP contribution in [0.4, 0.5) is 0 Å². The van der Waals surface area contributed by atoms with Crippen molar-refractivity contribution in [1.29, 1.82) is 5.26 Å². The number of aryl methyl sites for hydroxylation is 1.